The zero-order chi connectivity index (χ0) is 13.2. The molecule has 0 amide bonds. The molecule has 0 bridgehead atoms. The zero-order valence-corrected chi connectivity index (χ0v) is 10.3. The molecule has 1 aliphatic rings. The van der Waals surface area contributed by atoms with E-state index in [2.05, 4.69) is 16.3 Å². The predicted molar refractivity (Wildman–Crippen MR) is 69.2 cm³/mol. The second kappa shape index (κ2) is 4.76. The molecule has 0 unspecified atom stereocenters. The third-order valence-electron chi connectivity index (χ3n) is 3.27. The number of aryl methyl sites for hydroxylation is 1. The highest BCUT2D eigenvalue weighted by Crippen LogP contribution is 2.31. The second-order valence-electron chi connectivity index (χ2n) is 4.61. The molecule has 3 rings (SSSR count). The summed E-state index contributed by atoms with van der Waals surface area (Å²) in [4.78, 5) is 10.8. The molecular weight excluding hydrogens is 244 g/mol. The van der Waals surface area contributed by atoms with Crippen LogP contribution in [0.5, 0.6) is 5.75 Å². The van der Waals surface area contributed by atoms with Gasteiger partial charge < -0.3 is 9.84 Å². The number of benzene rings is 1. The van der Waals surface area contributed by atoms with Crippen LogP contribution in [0.3, 0.4) is 0 Å². The SMILES string of the molecule is O=C(O)Cc1[nH]ncc1-c1ccc2c(c1)CCCO2. The number of hydrogen-bond donors (Lipinski definition) is 2. The molecule has 1 aliphatic heterocycles. The molecule has 5 nitrogen and oxygen atoms in total. The Kier molecular flexibility index (Phi) is 2.95. The summed E-state index contributed by atoms with van der Waals surface area (Å²) in [6.07, 6.45) is 3.63. The maximum absolute atomic E-state index is 10.8. The van der Waals surface area contributed by atoms with Crippen LogP contribution in [-0.4, -0.2) is 27.9 Å². The number of rotatable bonds is 3. The molecule has 0 fully saturated rings. The Bertz CT molecular complexity index is 619. The number of ether oxygens (including phenoxy) is 1. The van der Waals surface area contributed by atoms with Crippen LogP contribution in [0.1, 0.15) is 17.7 Å². The van der Waals surface area contributed by atoms with E-state index in [1.54, 1.807) is 6.20 Å². The van der Waals surface area contributed by atoms with Crippen molar-refractivity contribution in [2.24, 2.45) is 0 Å². The summed E-state index contributed by atoms with van der Waals surface area (Å²) in [6.45, 7) is 0.766. The fraction of sp³-hybridized carbons (Fsp3) is 0.286. The van der Waals surface area contributed by atoms with Gasteiger partial charge in [0.2, 0.25) is 0 Å². The summed E-state index contributed by atoms with van der Waals surface area (Å²) in [6, 6.07) is 5.95. The number of carboxylic acid groups (broad SMARTS) is 1. The van der Waals surface area contributed by atoms with Gasteiger partial charge in [0.25, 0.3) is 0 Å². The van der Waals surface area contributed by atoms with E-state index >= 15 is 0 Å². The quantitative estimate of drug-likeness (QED) is 0.883. The first-order chi connectivity index (χ1) is 9.24. The van der Waals surface area contributed by atoms with Crippen molar-refractivity contribution in [2.75, 3.05) is 6.61 Å². The number of carboxylic acids is 1. The lowest BCUT2D eigenvalue weighted by Crippen LogP contribution is -2.08. The first kappa shape index (κ1) is 11.8. The minimum Gasteiger partial charge on any atom is -0.493 e. The highest BCUT2D eigenvalue weighted by Gasteiger charge is 2.15. The molecule has 0 atom stereocenters. The predicted octanol–water partition coefficient (Wildman–Crippen LogP) is 2.03. The summed E-state index contributed by atoms with van der Waals surface area (Å²) in [7, 11) is 0. The fourth-order valence-corrected chi connectivity index (χ4v) is 2.38. The van der Waals surface area contributed by atoms with Crippen molar-refractivity contribution in [3.8, 4) is 16.9 Å². The molecule has 0 saturated heterocycles. The van der Waals surface area contributed by atoms with E-state index < -0.39 is 5.97 Å². The number of hydrogen-bond acceptors (Lipinski definition) is 3. The highest BCUT2D eigenvalue weighted by molar-refractivity contribution is 5.75. The third-order valence-corrected chi connectivity index (χ3v) is 3.27. The summed E-state index contributed by atoms with van der Waals surface area (Å²) < 4.78 is 5.57. The van der Waals surface area contributed by atoms with Gasteiger partial charge in [0.1, 0.15) is 5.75 Å². The summed E-state index contributed by atoms with van der Waals surface area (Å²) >= 11 is 0. The summed E-state index contributed by atoms with van der Waals surface area (Å²) in [5.74, 6) is 0.0603. The molecule has 1 aromatic heterocycles. The van der Waals surface area contributed by atoms with Crippen LogP contribution in [0.15, 0.2) is 24.4 Å². The molecule has 0 spiro atoms. The number of aliphatic carboxylic acids is 1. The Labute approximate surface area is 110 Å². The van der Waals surface area contributed by atoms with Crippen LogP contribution in [0.2, 0.25) is 0 Å². The van der Waals surface area contributed by atoms with E-state index in [4.69, 9.17) is 9.84 Å². The zero-order valence-electron chi connectivity index (χ0n) is 10.3. The average Bonchev–Trinajstić information content (AvgIpc) is 2.85. The Balaban J connectivity index is 1.98. The highest BCUT2D eigenvalue weighted by atomic mass is 16.5. The van der Waals surface area contributed by atoms with E-state index in [0.29, 0.717) is 5.69 Å². The van der Waals surface area contributed by atoms with Crippen LogP contribution in [0.25, 0.3) is 11.1 Å². The lowest BCUT2D eigenvalue weighted by atomic mass is 9.98. The average molecular weight is 258 g/mol. The molecule has 19 heavy (non-hydrogen) atoms. The van der Waals surface area contributed by atoms with Gasteiger partial charge in [-0.1, -0.05) is 6.07 Å². The number of nitrogens with one attached hydrogen (secondary N) is 1. The summed E-state index contributed by atoms with van der Waals surface area (Å²) in [5, 5.41) is 15.6. The molecule has 5 heteroatoms. The largest absolute Gasteiger partial charge is 0.493 e. The third kappa shape index (κ3) is 2.31. The number of nitrogens with zero attached hydrogens (tertiary/aromatic N) is 1. The number of aromatic nitrogens is 2. The van der Waals surface area contributed by atoms with Crippen molar-refractivity contribution in [3.05, 3.63) is 35.7 Å². The van der Waals surface area contributed by atoms with Crippen molar-refractivity contribution in [2.45, 2.75) is 19.3 Å². The van der Waals surface area contributed by atoms with E-state index in [9.17, 15) is 4.79 Å². The van der Waals surface area contributed by atoms with Gasteiger partial charge in [-0.25, -0.2) is 0 Å². The Morgan fingerprint density at radius 3 is 3.21 bits per heavy atom. The van der Waals surface area contributed by atoms with Crippen LogP contribution in [0, 0.1) is 0 Å². The fourth-order valence-electron chi connectivity index (χ4n) is 2.38. The van der Waals surface area contributed by atoms with Crippen molar-refractivity contribution >= 4 is 5.97 Å². The topological polar surface area (TPSA) is 75.2 Å². The van der Waals surface area contributed by atoms with Gasteiger partial charge in [-0.2, -0.15) is 5.10 Å². The minimum atomic E-state index is -0.869. The number of aromatic amines is 1. The molecule has 0 radical (unpaired) electrons. The Morgan fingerprint density at radius 2 is 2.37 bits per heavy atom. The van der Waals surface area contributed by atoms with Gasteiger partial charge >= 0.3 is 5.97 Å². The summed E-state index contributed by atoms with van der Waals surface area (Å²) in [5.41, 5.74) is 3.63. The van der Waals surface area contributed by atoms with Crippen molar-refractivity contribution < 1.29 is 14.6 Å². The lowest BCUT2D eigenvalue weighted by Gasteiger charge is -2.17. The monoisotopic (exact) mass is 258 g/mol. The van der Waals surface area contributed by atoms with Gasteiger partial charge in [-0.15, -0.1) is 0 Å². The molecule has 1 aromatic carbocycles. The van der Waals surface area contributed by atoms with Crippen molar-refractivity contribution in [3.63, 3.8) is 0 Å². The van der Waals surface area contributed by atoms with E-state index in [1.807, 2.05) is 12.1 Å². The number of carbonyl (C=O) groups is 1. The number of fused-ring (bicyclic) bond motifs is 1. The first-order valence-corrected chi connectivity index (χ1v) is 6.24. The van der Waals surface area contributed by atoms with Gasteiger partial charge in [-0.05, 0) is 36.1 Å². The van der Waals surface area contributed by atoms with E-state index in [0.717, 1.165) is 36.3 Å². The van der Waals surface area contributed by atoms with Gasteiger partial charge in [-0.3, -0.25) is 9.89 Å². The molecule has 98 valence electrons. The Hall–Kier alpha value is -2.30. The van der Waals surface area contributed by atoms with Crippen molar-refractivity contribution in [1.29, 1.82) is 0 Å². The molecule has 0 aliphatic carbocycles. The standard InChI is InChI=1S/C14H14N2O3/c17-14(18)7-12-11(8-15-16-12)9-3-4-13-10(6-9)2-1-5-19-13/h3-4,6,8H,1-2,5,7H2,(H,15,16)(H,17,18). The molecular formula is C14H14N2O3. The lowest BCUT2D eigenvalue weighted by molar-refractivity contribution is -0.136. The van der Waals surface area contributed by atoms with Gasteiger partial charge in [0.05, 0.1) is 24.9 Å². The van der Waals surface area contributed by atoms with Gasteiger partial charge in [0.15, 0.2) is 0 Å². The minimum absolute atomic E-state index is 0.0527. The smallest absolute Gasteiger partial charge is 0.309 e. The van der Waals surface area contributed by atoms with Crippen LogP contribution >= 0.6 is 0 Å². The first-order valence-electron chi connectivity index (χ1n) is 6.24. The van der Waals surface area contributed by atoms with Crippen molar-refractivity contribution in [1.82, 2.24) is 10.2 Å². The molecule has 2 aromatic rings. The number of H-pyrrole nitrogens is 1. The van der Waals surface area contributed by atoms with Crippen LogP contribution in [0.4, 0.5) is 0 Å². The maximum Gasteiger partial charge on any atom is 0.309 e. The van der Waals surface area contributed by atoms with Crippen LogP contribution < -0.4 is 4.74 Å². The Morgan fingerprint density at radius 1 is 1.47 bits per heavy atom. The van der Waals surface area contributed by atoms with E-state index in [1.165, 1.54) is 5.56 Å². The van der Waals surface area contributed by atoms with Gasteiger partial charge in [0, 0.05) is 5.56 Å². The van der Waals surface area contributed by atoms with E-state index in [-0.39, 0.29) is 6.42 Å². The molecule has 0 saturated carbocycles. The molecule has 2 heterocycles. The normalized spacial score (nSPS) is 13.7. The second-order valence-corrected chi connectivity index (χ2v) is 4.61. The maximum atomic E-state index is 10.8. The molecule has 2 N–H and O–H groups in total. The van der Waals surface area contributed by atoms with Crippen LogP contribution in [-0.2, 0) is 17.6 Å².